The van der Waals surface area contributed by atoms with E-state index in [1.54, 1.807) is 0 Å². The Morgan fingerprint density at radius 1 is 0.163 bits per heavy atom. The molecule has 0 saturated carbocycles. The molecular formula is C84H52O2. The summed E-state index contributed by atoms with van der Waals surface area (Å²) in [5.41, 5.74) is 18.4. The average molecular weight is 1090 g/mol. The van der Waals surface area contributed by atoms with E-state index < -0.39 is 0 Å². The monoisotopic (exact) mass is 1090 g/mol. The van der Waals surface area contributed by atoms with Crippen LogP contribution in [0.2, 0.25) is 0 Å². The third-order valence-electron chi connectivity index (χ3n) is 17.7. The van der Waals surface area contributed by atoms with Gasteiger partial charge in [-0.1, -0.05) is 279 Å². The number of benzene rings is 16. The minimum Gasteiger partial charge on any atom is -0.456 e. The number of hydrogen-bond acceptors (Lipinski definition) is 2. The standard InChI is InChI=1S/2C42H26O/c1-2-11-30-26-31(25-22-27(30)10-1)28-20-23-29(24-21-28)40-33-13-3-5-15-35(33)41(36-16-6-4-14-34(36)40)38-18-9-17-37-32-12-7-8-19-39(32)43-42(37)38;1-2-10-30-25-31(22-19-27(30)9-1)28-17-20-29(21-18-28)41-34-12-3-5-14-36(34)42(37-15-6-4-13-35(37)41)32-23-24-40-38(26-32)33-11-7-8-16-39(33)43-40/h2*1-26H. The first kappa shape index (κ1) is 49.3. The van der Waals surface area contributed by atoms with E-state index in [-0.39, 0.29) is 0 Å². The molecule has 400 valence electrons. The topological polar surface area (TPSA) is 26.3 Å². The Hall–Kier alpha value is -11.3. The van der Waals surface area contributed by atoms with Crippen LogP contribution in [-0.2, 0) is 0 Å². The van der Waals surface area contributed by atoms with Crippen molar-refractivity contribution in [1.29, 1.82) is 0 Å². The lowest BCUT2D eigenvalue weighted by molar-refractivity contribution is 0.669. The van der Waals surface area contributed by atoms with Gasteiger partial charge in [0.1, 0.15) is 22.3 Å². The third kappa shape index (κ3) is 8.18. The molecule has 0 N–H and O–H groups in total. The fourth-order valence-electron chi connectivity index (χ4n) is 13.7. The van der Waals surface area contributed by atoms with Gasteiger partial charge in [-0.25, -0.2) is 0 Å². The highest BCUT2D eigenvalue weighted by Gasteiger charge is 2.22. The van der Waals surface area contributed by atoms with Crippen LogP contribution in [-0.4, -0.2) is 0 Å². The van der Waals surface area contributed by atoms with Gasteiger partial charge in [0.15, 0.2) is 0 Å². The normalized spacial score (nSPS) is 11.7. The zero-order chi connectivity index (χ0) is 56.7. The van der Waals surface area contributed by atoms with Crippen molar-refractivity contribution in [3.63, 3.8) is 0 Å². The molecule has 0 bridgehead atoms. The molecule has 18 aromatic rings. The van der Waals surface area contributed by atoms with Crippen LogP contribution < -0.4 is 0 Å². The Morgan fingerprint density at radius 2 is 0.488 bits per heavy atom. The van der Waals surface area contributed by atoms with E-state index in [0.29, 0.717) is 0 Å². The molecule has 0 amide bonds. The summed E-state index contributed by atoms with van der Waals surface area (Å²) in [7, 11) is 0. The molecule has 2 heteroatoms. The predicted molar refractivity (Wildman–Crippen MR) is 365 cm³/mol. The predicted octanol–water partition coefficient (Wildman–Crippen LogP) is 24.1. The van der Waals surface area contributed by atoms with Gasteiger partial charge in [-0.2, -0.15) is 0 Å². The molecule has 0 fully saturated rings. The molecule has 86 heavy (non-hydrogen) atoms. The van der Waals surface area contributed by atoms with Crippen molar-refractivity contribution in [2.75, 3.05) is 0 Å². The molecule has 0 unspecified atom stereocenters. The molecule has 2 aromatic heterocycles. The summed E-state index contributed by atoms with van der Waals surface area (Å²) in [5, 5.41) is 19.6. The highest BCUT2D eigenvalue weighted by molar-refractivity contribution is 6.25. The summed E-state index contributed by atoms with van der Waals surface area (Å²) in [4.78, 5) is 0. The second-order valence-corrected chi connectivity index (χ2v) is 22.6. The summed E-state index contributed by atoms with van der Waals surface area (Å²) >= 11 is 0. The molecule has 16 aromatic carbocycles. The van der Waals surface area contributed by atoms with Crippen molar-refractivity contribution < 1.29 is 8.83 Å². The quantitative estimate of drug-likeness (QED) is 0.155. The summed E-state index contributed by atoms with van der Waals surface area (Å²) in [5.74, 6) is 0. The zero-order valence-electron chi connectivity index (χ0n) is 46.8. The number of hydrogen-bond donors (Lipinski definition) is 0. The summed E-state index contributed by atoms with van der Waals surface area (Å²) in [6.45, 7) is 0. The van der Waals surface area contributed by atoms with E-state index in [1.807, 2.05) is 18.2 Å². The Labute approximate surface area is 496 Å². The molecule has 2 nitrogen and oxygen atoms in total. The molecule has 0 spiro atoms. The van der Waals surface area contributed by atoms with Gasteiger partial charge in [-0.15, -0.1) is 0 Å². The second kappa shape index (κ2) is 20.2. The lowest BCUT2D eigenvalue weighted by Gasteiger charge is -2.18. The van der Waals surface area contributed by atoms with E-state index in [1.165, 1.54) is 126 Å². The van der Waals surface area contributed by atoms with Crippen LogP contribution in [0, 0.1) is 0 Å². The van der Waals surface area contributed by atoms with Crippen molar-refractivity contribution in [1.82, 2.24) is 0 Å². The van der Waals surface area contributed by atoms with Crippen molar-refractivity contribution in [3.8, 4) is 66.8 Å². The van der Waals surface area contributed by atoms with Gasteiger partial charge in [0.05, 0.1) is 0 Å². The average Bonchev–Trinajstić information content (AvgIpc) is 1.41. The van der Waals surface area contributed by atoms with Crippen LogP contribution in [0.1, 0.15) is 0 Å². The highest BCUT2D eigenvalue weighted by atomic mass is 16.3. The second-order valence-electron chi connectivity index (χ2n) is 22.6. The van der Waals surface area contributed by atoms with Gasteiger partial charge < -0.3 is 8.83 Å². The van der Waals surface area contributed by atoms with E-state index in [9.17, 15) is 0 Å². The maximum absolute atomic E-state index is 6.53. The molecule has 0 aliphatic carbocycles. The molecule has 2 heterocycles. The van der Waals surface area contributed by atoms with Crippen molar-refractivity contribution in [2.24, 2.45) is 0 Å². The SMILES string of the molecule is c1ccc2cc(-c3ccc(-c4c5ccccc5c(-c5ccc6oc7ccccc7c6c5)c5ccccc45)cc3)ccc2c1.c1ccc2cc(-c3ccc(-c4c5ccccc5c(-c5cccc6c5oc5ccccc56)c5ccccc45)cc3)ccc2c1. The Morgan fingerprint density at radius 3 is 0.965 bits per heavy atom. The first-order chi connectivity index (χ1) is 42.6. The fourth-order valence-corrected chi connectivity index (χ4v) is 13.7. The van der Waals surface area contributed by atoms with Crippen LogP contribution in [0.15, 0.2) is 324 Å². The smallest absolute Gasteiger partial charge is 0.143 e. The molecule has 0 radical (unpaired) electrons. The Balaban J connectivity index is 0.000000134. The van der Waals surface area contributed by atoms with E-state index in [2.05, 4.69) is 297 Å². The largest absolute Gasteiger partial charge is 0.456 e. The van der Waals surface area contributed by atoms with Crippen molar-refractivity contribution in [2.45, 2.75) is 0 Å². The highest BCUT2D eigenvalue weighted by Crippen LogP contribution is 2.48. The molecule has 0 atom stereocenters. The van der Waals surface area contributed by atoms with Crippen molar-refractivity contribution in [3.05, 3.63) is 315 Å². The molecular weight excluding hydrogens is 1040 g/mol. The van der Waals surface area contributed by atoms with E-state index in [4.69, 9.17) is 8.83 Å². The maximum atomic E-state index is 6.53. The van der Waals surface area contributed by atoms with Crippen LogP contribution >= 0.6 is 0 Å². The number of furan rings is 2. The molecule has 0 aliphatic heterocycles. The van der Waals surface area contributed by atoms with Gasteiger partial charge in [-0.05, 0) is 157 Å². The molecule has 0 aliphatic rings. The minimum absolute atomic E-state index is 0.918. The van der Waals surface area contributed by atoms with Gasteiger partial charge in [-0.3, -0.25) is 0 Å². The number of fused-ring (bicyclic) bond motifs is 12. The lowest BCUT2D eigenvalue weighted by Crippen LogP contribution is -1.91. The Bertz CT molecular complexity index is 5580. The number of para-hydroxylation sites is 3. The molecule has 18 rings (SSSR count). The van der Waals surface area contributed by atoms with Crippen molar-refractivity contribution >= 4 is 109 Å². The fraction of sp³-hybridized carbons (Fsp3) is 0. The molecule has 0 saturated heterocycles. The number of rotatable bonds is 6. The Kier molecular flexibility index (Phi) is 11.6. The lowest BCUT2D eigenvalue weighted by atomic mass is 9.85. The first-order valence-corrected chi connectivity index (χ1v) is 29.5. The van der Waals surface area contributed by atoms with Crippen LogP contribution in [0.4, 0.5) is 0 Å². The van der Waals surface area contributed by atoms with Crippen LogP contribution in [0.25, 0.3) is 175 Å². The third-order valence-corrected chi connectivity index (χ3v) is 17.7. The van der Waals surface area contributed by atoms with Gasteiger partial charge >= 0.3 is 0 Å². The minimum atomic E-state index is 0.918. The maximum Gasteiger partial charge on any atom is 0.143 e. The van der Waals surface area contributed by atoms with Gasteiger partial charge in [0.2, 0.25) is 0 Å². The first-order valence-electron chi connectivity index (χ1n) is 29.5. The summed E-state index contributed by atoms with van der Waals surface area (Å²) in [6.07, 6.45) is 0. The van der Waals surface area contributed by atoms with E-state index in [0.717, 1.165) is 49.4 Å². The van der Waals surface area contributed by atoms with Gasteiger partial charge in [0, 0.05) is 32.7 Å². The van der Waals surface area contributed by atoms with E-state index >= 15 is 0 Å². The van der Waals surface area contributed by atoms with Gasteiger partial charge in [0.25, 0.3) is 0 Å². The zero-order valence-corrected chi connectivity index (χ0v) is 46.8. The van der Waals surface area contributed by atoms with Crippen LogP contribution in [0.5, 0.6) is 0 Å². The summed E-state index contributed by atoms with van der Waals surface area (Å²) in [6, 6.07) is 114. The summed E-state index contributed by atoms with van der Waals surface area (Å²) < 4.78 is 12.7. The van der Waals surface area contributed by atoms with Crippen LogP contribution in [0.3, 0.4) is 0 Å².